The van der Waals surface area contributed by atoms with E-state index in [0.29, 0.717) is 5.56 Å². The van der Waals surface area contributed by atoms with Gasteiger partial charge in [-0.2, -0.15) is 0 Å². The van der Waals surface area contributed by atoms with Crippen LogP contribution in [-0.2, 0) is 12.3 Å². The molecule has 0 saturated carbocycles. The van der Waals surface area contributed by atoms with Crippen molar-refractivity contribution in [1.29, 1.82) is 0 Å². The van der Waals surface area contributed by atoms with Gasteiger partial charge in [0.2, 0.25) is 0 Å². The van der Waals surface area contributed by atoms with E-state index in [1.54, 1.807) is 24.3 Å². The van der Waals surface area contributed by atoms with E-state index in [1.165, 1.54) is 6.07 Å². The van der Waals surface area contributed by atoms with Crippen LogP contribution in [0.5, 0.6) is 0 Å². The molecule has 5 heteroatoms. The molecule has 20 heavy (non-hydrogen) atoms. The van der Waals surface area contributed by atoms with Crippen molar-refractivity contribution in [2.75, 3.05) is 0 Å². The Morgan fingerprint density at radius 1 is 1.00 bits per heavy atom. The molecule has 0 fully saturated rings. The lowest BCUT2D eigenvalue weighted by molar-refractivity contribution is -0.0255. The lowest BCUT2D eigenvalue weighted by Gasteiger charge is -2.20. The minimum atomic E-state index is -3.39. The molecule has 0 aromatic heterocycles. The van der Waals surface area contributed by atoms with E-state index in [2.05, 4.69) is 22.6 Å². The summed E-state index contributed by atoms with van der Waals surface area (Å²) in [6.07, 6.45) is 0.0140. The van der Waals surface area contributed by atoms with Crippen molar-refractivity contribution in [3.05, 3.63) is 68.3 Å². The topological polar surface area (TPSA) is 0 Å². The highest BCUT2D eigenvalue weighted by atomic mass is 127. The summed E-state index contributed by atoms with van der Waals surface area (Å²) in [7, 11) is 0. The van der Waals surface area contributed by atoms with E-state index < -0.39 is 29.0 Å². The fourth-order valence-corrected chi connectivity index (χ4v) is 3.03. The second kappa shape index (κ2) is 4.72. The van der Waals surface area contributed by atoms with Gasteiger partial charge in [0.05, 0.1) is 11.5 Å². The molecule has 1 aliphatic rings. The third kappa shape index (κ3) is 2.03. The maximum absolute atomic E-state index is 14.4. The first-order valence-corrected chi connectivity index (χ1v) is 7.09. The van der Waals surface area contributed by atoms with Gasteiger partial charge in [-0.3, -0.25) is 0 Å². The Balaban J connectivity index is 2.10. The molecule has 104 valence electrons. The number of benzene rings is 2. The van der Waals surface area contributed by atoms with Gasteiger partial charge in [0.1, 0.15) is 0 Å². The van der Waals surface area contributed by atoms with Crippen LogP contribution in [-0.4, -0.2) is 0 Å². The van der Waals surface area contributed by atoms with Crippen molar-refractivity contribution in [3.63, 3.8) is 0 Å². The van der Waals surface area contributed by atoms with Crippen molar-refractivity contribution in [2.24, 2.45) is 0 Å². The van der Waals surface area contributed by atoms with Gasteiger partial charge in [-0.05, 0) is 58.3 Å². The average molecular weight is 392 g/mol. The molecule has 1 atom stereocenters. The zero-order valence-electron chi connectivity index (χ0n) is 10.1. The Morgan fingerprint density at radius 3 is 2.30 bits per heavy atom. The van der Waals surface area contributed by atoms with Gasteiger partial charge < -0.3 is 0 Å². The van der Waals surface area contributed by atoms with Crippen LogP contribution in [0.15, 0.2) is 36.4 Å². The lowest BCUT2D eigenvalue weighted by atomic mass is 9.93. The summed E-state index contributed by atoms with van der Waals surface area (Å²) in [5, 5.41) is 0. The molecular formula is C15H9F4I. The predicted molar refractivity (Wildman–Crippen MR) is 75.9 cm³/mol. The highest BCUT2D eigenvalue weighted by Crippen LogP contribution is 2.52. The van der Waals surface area contributed by atoms with E-state index in [-0.39, 0.29) is 12.0 Å². The highest BCUT2D eigenvalue weighted by Gasteiger charge is 2.51. The summed E-state index contributed by atoms with van der Waals surface area (Å²) in [5.74, 6) is -7.20. The first-order chi connectivity index (χ1) is 9.41. The van der Waals surface area contributed by atoms with Gasteiger partial charge in [0.15, 0.2) is 11.6 Å². The Kier molecular flexibility index (Phi) is 3.27. The first-order valence-electron chi connectivity index (χ1n) is 6.02. The number of alkyl halides is 2. The Morgan fingerprint density at radius 2 is 1.65 bits per heavy atom. The zero-order valence-corrected chi connectivity index (χ0v) is 12.3. The summed E-state index contributed by atoms with van der Waals surface area (Å²) in [5.41, 5.74) is -0.176. The van der Waals surface area contributed by atoms with Crippen LogP contribution in [0.4, 0.5) is 17.6 Å². The van der Waals surface area contributed by atoms with Crippen molar-refractivity contribution < 1.29 is 17.6 Å². The third-order valence-electron chi connectivity index (χ3n) is 3.65. The number of halogens is 5. The summed E-state index contributed by atoms with van der Waals surface area (Å²) in [4.78, 5) is 0. The van der Waals surface area contributed by atoms with Gasteiger partial charge in [-0.25, -0.2) is 17.6 Å². The quantitative estimate of drug-likeness (QED) is 0.474. The second-order valence-corrected chi connectivity index (χ2v) is 6.07. The van der Waals surface area contributed by atoms with Gasteiger partial charge in [0.25, 0.3) is 5.92 Å². The van der Waals surface area contributed by atoms with E-state index in [0.717, 1.165) is 9.64 Å². The monoisotopic (exact) mass is 392 g/mol. The molecule has 0 amide bonds. The molecule has 1 unspecified atom stereocenters. The fourth-order valence-electron chi connectivity index (χ4n) is 2.67. The van der Waals surface area contributed by atoms with Crippen LogP contribution in [0, 0.1) is 15.2 Å². The normalized spacial score (nSPS) is 19.9. The minimum absolute atomic E-state index is 0.0140. The number of rotatable bonds is 1. The summed E-state index contributed by atoms with van der Waals surface area (Å²) in [6.45, 7) is 0. The smallest absolute Gasteiger partial charge is 0.204 e. The van der Waals surface area contributed by atoms with Crippen LogP contribution in [0.1, 0.15) is 22.6 Å². The lowest BCUT2D eigenvalue weighted by Crippen LogP contribution is -2.20. The second-order valence-electron chi connectivity index (χ2n) is 4.83. The average Bonchev–Trinajstić information content (AvgIpc) is 2.67. The summed E-state index contributed by atoms with van der Waals surface area (Å²) in [6, 6.07) is 8.83. The van der Waals surface area contributed by atoms with E-state index >= 15 is 0 Å². The Labute approximate surface area is 127 Å². The molecule has 3 rings (SSSR count). The van der Waals surface area contributed by atoms with Crippen molar-refractivity contribution >= 4 is 22.6 Å². The number of hydrogen-bond donors (Lipinski definition) is 0. The molecule has 0 saturated heterocycles. The minimum Gasteiger partial charge on any atom is -0.204 e. The van der Waals surface area contributed by atoms with Crippen LogP contribution in [0.3, 0.4) is 0 Å². The Bertz CT molecular complexity index is 664. The fraction of sp³-hybridized carbons (Fsp3) is 0.200. The molecule has 0 aliphatic heterocycles. The largest absolute Gasteiger partial charge is 0.283 e. The zero-order chi connectivity index (χ0) is 14.5. The van der Waals surface area contributed by atoms with Gasteiger partial charge >= 0.3 is 0 Å². The number of fused-ring (bicyclic) bond motifs is 1. The van der Waals surface area contributed by atoms with Crippen LogP contribution in [0.25, 0.3) is 0 Å². The van der Waals surface area contributed by atoms with E-state index in [4.69, 9.17) is 0 Å². The van der Waals surface area contributed by atoms with Gasteiger partial charge in [-0.15, -0.1) is 0 Å². The molecule has 2 aromatic carbocycles. The summed E-state index contributed by atoms with van der Waals surface area (Å²) >= 11 is 2.08. The van der Waals surface area contributed by atoms with E-state index in [1.807, 2.05) is 0 Å². The van der Waals surface area contributed by atoms with Gasteiger partial charge in [-0.1, -0.05) is 18.2 Å². The molecule has 0 heterocycles. The molecule has 0 bridgehead atoms. The first kappa shape index (κ1) is 13.9. The standard InChI is InChI=1S/C15H9F4I/c16-12-6-3-9-7-11(8-1-4-10(20)5-2-8)15(18,19)13(9)14(12)17/h1-6,11H,7H2. The molecule has 0 N–H and O–H groups in total. The van der Waals surface area contributed by atoms with E-state index in [9.17, 15) is 17.6 Å². The van der Waals surface area contributed by atoms with Crippen LogP contribution in [0.2, 0.25) is 0 Å². The van der Waals surface area contributed by atoms with Crippen molar-refractivity contribution in [1.82, 2.24) is 0 Å². The summed E-state index contributed by atoms with van der Waals surface area (Å²) < 4.78 is 56.7. The highest BCUT2D eigenvalue weighted by molar-refractivity contribution is 14.1. The third-order valence-corrected chi connectivity index (χ3v) is 4.37. The Hall–Kier alpha value is -1.11. The molecule has 0 radical (unpaired) electrons. The number of hydrogen-bond acceptors (Lipinski definition) is 0. The maximum Gasteiger partial charge on any atom is 0.283 e. The predicted octanol–water partition coefficient (Wildman–Crippen LogP) is 5.00. The molecule has 0 nitrogen and oxygen atoms in total. The van der Waals surface area contributed by atoms with Crippen molar-refractivity contribution in [3.8, 4) is 0 Å². The van der Waals surface area contributed by atoms with Crippen LogP contribution >= 0.6 is 22.6 Å². The SMILES string of the molecule is Fc1ccc2c(c1F)C(F)(F)C(c1ccc(I)cc1)C2. The van der Waals surface area contributed by atoms with Crippen molar-refractivity contribution in [2.45, 2.75) is 18.3 Å². The molecule has 1 aliphatic carbocycles. The molecular weight excluding hydrogens is 383 g/mol. The molecule has 0 spiro atoms. The van der Waals surface area contributed by atoms with Gasteiger partial charge in [0, 0.05) is 3.57 Å². The molecule has 2 aromatic rings. The maximum atomic E-state index is 14.4. The van der Waals surface area contributed by atoms with Crippen LogP contribution < -0.4 is 0 Å².